The van der Waals surface area contributed by atoms with Gasteiger partial charge in [0.25, 0.3) is 11.8 Å². The van der Waals surface area contributed by atoms with Crippen LogP contribution in [0.3, 0.4) is 0 Å². The van der Waals surface area contributed by atoms with Gasteiger partial charge >= 0.3 is 0 Å². The minimum absolute atomic E-state index is 0.0327. The summed E-state index contributed by atoms with van der Waals surface area (Å²) in [5.74, 6) is 1.09. The highest BCUT2D eigenvalue weighted by molar-refractivity contribution is 6.13. The highest BCUT2D eigenvalue weighted by atomic mass is 16.5. The van der Waals surface area contributed by atoms with Gasteiger partial charge in [0.1, 0.15) is 11.5 Å². The molecule has 4 aromatic rings. The molecule has 1 fully saturated rings. The van der Waals surface area contributed by atoms with Crippen LogP contribution in [0.2, 0.25) is 0 Å². The van der Waals surface area contributed by atoms with Crippen LogP contribution < -0.4 is 5.32 Å². The Kier molecular flexibility index (Phi) is 5.62. The van der Waals surface area contributed by atoms with E-state index in [0.717, 1.165) is 11.1 Å². The van der Waals surface area contributed by atoms with Gasteiger partial charge < -0.3 is 19.4 Å². The maximum atomic E-state index is 13.2. The first-order valence-electron chi connectivity index (χ1n) is 10.8. The lowest BCUT2D eigenvalue weighted by molar-refractivity contribution is 0.0303. The molecule has 7 nitrogen and oxygen atoms in total. The van der Waals surface area contributed by atoms with Crippen molar-refractivity contribution in [2.24, 2.45) is 0 Å². The van der Waals surface area contributed by atoms with E-state index in [-0.39, 0.29) is 11.8 Å². The van der Waals surface area contributed by atoms with Crippen LogP contribution in [0.1, 0.15) is 26.5 Å². The van der Waals surface area contributed by atoms with E-state index in [0.29, 0.717) is 60.1 Å². The van der Waals surface area contributed by atoms with E-state index >= 15 is 0 Å². The molecule has 2 aromatic carbocycles. The summed E-state index contributed by atoms with van der Waals surface area (Å²) in [6.45, 7) is 4.15. The SMILES string of the molecule is Cc1ccc(-c2cc(C(=O)Nc3ccc(C(=O)N4CCOCC4)cc3)c3ccccc3n2)o1. The lowest BCUT2D eigenvalue weighted by Crippen LogP contribution is -2.40. The van der Waals surface area contributed by atoms with Gasteiger partial charge in [-0.25, -0.2) is 4.98 Å². The molecule has 33 heavy (non-hydrogen) atoms. The van der Waals surface area contributed by atoms with Gasteiger partial charge in [-0.05, 0) is 55.5 Å². The lowest BCUT2D eigenvalue weighted by atomic mass is 10.1. The summed E-state index contributed by atoms with van der Waals surface area (Å²) >= 11 is 0. The molecule has 0 bridgehead atoms. The minimum atomic E-state index is -0.259. The molecule has 2 aromatic heterocycles. The topological polar surface area (TPSA) is 84.7 Å². The largest absolute Gasteiger partial charge is 0.460 e. The number of nitrogens with zero attached hydrogens (tertiary/aromatic N) is 2. The summed E-state index contributed by atoms with van der Waals surface area (Å²) < 4.78 is 11.0. The summed E-state index contributed by atoms with van der Waals surface area (Å²) in [7, 11) is 0. The maximum absolute atomic E-state index is 13.2. The molecule has 2 amide bonds. The van der Waals surface area contributed by atoms with Gasteiger partial charge in [-0.2, -0.15) is 0 Å². The first-order valence-corrected chi connectivity index (χ1v) is 10.8. The molecule has 0 atom stereocenters. The number of anilines is 1. The Morgan fingerprint density at radius 1 is 0.970 bits per heavy atom. The van der Waals surface area contributed by atoms with E-state index in [1.807, 2.05) is 43.3 Å². The Bertz CT molecular complexity index is 1320. The minimum Gasteiger partial charge on any atom is -0.460 e. The summed E-state index contributed by atoms with van der Waals surface area (Å²) in [6.07, 6.45) is 0. The summed E-state index contributed by atoms with van der Waals surface area (Å²) in [5.41, 5.74) is 2.99. The van der Waals surface area contributed by atoms with Crippen LogP contribution in [0.4, 0.5) is 5.69 Å². The molecule has 0 saturated carbocycles. The monoisotopic (exact) mass is 441 g/mol. The van der Waals surface area contributed by atoms with Gasteiger partial charge in [0.05, 0.1) is 24.3 Å². The fourth-order valence-corrected chi connectivity index (χ4v) is 3.91. The zero-order valence-electron chi connectivity index (χ0n) is 18.2. The molecule has 1 N–H and O–H groups in total. The number of furan rings is 1. The number of benzene rings is 2. The number of rotatable bonds is 4. The average Bonchev–Trinajstić information content (AvgIpc) is 3.30. The number of fused-ring (bicyclic) bond motifs is 1. The van der Waals surface area contributed by atoms with E-state index in [9.17, 15) is 9.59 Å². The van der Waals surface area contributed by atoms with Crippen LogP contribution >= 0.6 is 0 Å². The van der Waals surface area contributed by atoms with Gasteiger partial charge in [0.15, 0.2) is 5.76 Å². The summed E-state index contributed by atoms with van der Waals surface area (Å²) in [6, 6.07) is 19.9. The molecular formula is C26H23N3O4. The molecule has 1 saturated heterocycles. The number of aryl methyl sites for hydroxylation is 1. The second-order valence-corrected chi connectivity index (χ2v) is 7.92. The molecular weight excluding hydrogens is 418 g/mol. The first kappa shape index (κ1) is 20.9. The van der Waals surface area contributed by atoms with Crippen LogP contribution in [0.25, 0.3) is 22.4 Å². The number of aromatic nitrogens is 1. The van der Waals surface area contributed by atoms with E-state index in [1.165, 1.54) is 0 Å². The van der Waals surface area contributed by atoms with E-state index in [4.69, 9.17) is 9.15 Å². The maximum Gasteiger partial charge on any atom is 0.256 e. The van der Waals surface area contributed by atoms with Crippen molar-refractivity contribution in [1.82, 2.24) is 9.88 Å². The Morgan fingerprint density at radius 3 is 2.45 bits per heavy atom. The third kappa shape index (κ3) is 4.36. The van der Waals surface area contributed by atoms with Crippen molar-refractivity contribution >= 4 is 28.4 Å². The number of amides is 2. The number of para-hydroxylation sites is 1. The van der Waals surface area contributed by atoms with Crippen molar-refractivity contribution in [3.63, 3.8) is 0 Å². The molecule has 0 radical (unpaired) electrons. The first-order chi connectivity index (χ1) is 16.1. The molecule has 1 aliphatic rings. The second kappa shape index (κ2) is 8.88. The fraction of sp³-hybridized carbons (Fsp3) is 0.192. The van der Waals surface area contributed by atoms with Crippen molar-refractivity contribution in [3.8, 4) is 11.5 Å². The molecule has 0 unspecified atom stereocenters. The number of ether oxygens (including phenoxy) is 1. The van der Waals surface area contributed by atoms with E-state index < -0.39 is 0 Å². The molecule has 0 spiro atoms. The van der Waals surface area contributed by atoms with Crippen molar-refractivity contribution in [2.75, 3.05) is 31.6 Å². The Labute approximate surface area is 191 Å². The van der Waals surface area contributed by atoms with Gasteiger partial charge in [-0.1, -0.05) is 18.2 Å². The van der Waals surface area contributed by atoms with Crippen molar-refractivity contribution in [3.05, 3.63) is 83.6 Å². The predicted octanol–water partition coefficient (Wildman–Crippen LogP) is 4.53. The van der Waals surface area contributed by atoms with Crippen molar-refractivity contribution < 1.29 is 18.7 Å². The molecule has 0 aliphatic carbocycles. The zero-order chi connectivity index (χ0) is 22.8. The number of nitrogens with one attached hydrogen (secondary N) is 1. The second-order valence-electron chi connectivity index (χ2n) is 7.92. The number of carbonyl (C=O) groups excluding carboxylic acids is 2. The van der Waals surface area contributed by atoms with Gasteiger partial charge in [0, 0.05) is 29.7 Å². The van der Waals surface area contributed by atoms with Crippen molar-refractivity contribution in [2.45, 2.75) is 6.92 Å². The normalized spacial score (nSPS) is 13.8. The van der Waals surface area contributed by atoms with E-state index in [2.05, 4.69) is 10.3 Å². The zero-order valence-corrected chi connectivity index (χ0v) is 18.2. The third-order valence-electron chi connectivity index (χ3n) is 5.64. The third-order valence-corrected chi connectivity index (χ3v) is 5.64. The van der Waals surface area contributed by atoms with Crippen LogP contribution in [-0.4, -0.2) is 48.0 Å². The van der Waals surface area contributed by atoms with Crippen LogP contribution in [0.5, 0.6) is 0 Å². The lowest BCUT2D eigenvalue weighted by Gasteiger charge is -2.26. The summed E-state index contributed by atoms with van der Waals surface area (Å²) in [5, 5.41) is 3.69. The van der Waals surface area contributed by atoms with Crippen LogP contribution in [0.15, 0.2) is 71.1 Å². The van der Waals surface area contributed by atoms with Gasteiger partial charge in [-0.3, -0.25) is 9.59 Å². The number of pyridine rings is 1. The van der Waals surface area contributed by atoms with Crippen molar-refractivity contribution in [1.29, 1.82) is 0 Å². The Balaban J connectivity index is 1.40. The van der Waals surface area contributed by atoms with Crippen LogP contribution in [-0.2, 0) is 4.74 Å². The molecule has 1 aliphatic heterocycles. The quantitative estimate of drug-likeness (QED) is 0.503. The predicted molar refractivity (Wildman–Crippen MR) is 125 cm³/mol. The average molecular weight is 441 g/mol. The molecule has 3 heterocycles. The highest BCUT2D eigenvalue weighted by Crippen LogP contribution is 2.27. The Morgan fingerprint density at radius 2 is 1.73 bits per heavy atom. The molecule has 7 heteroatoms. The van der Waals surface area contributed by atoms with Crippen LogP contribution in [0, 0.1) is 6.92 Å². The highest BCUT2D eigenvalue weighted by Gasteiger charge is 2.19. The number of carbonyl (C=O) groups is 2. The Hall–Kier alpha value is -3.97. The number of hydrogen-bond acceptors (Lipinski definition) is 5. The smallest absolute Gasteiger partial charge is 0.256 e. The van der Waals surface area contributed by atoms with Gasteiger partial charge in [-0.15, -0.1) is 0 Å². The molecule has 166 valence electrons. The van der Waals surface area contributed by atoms with E-state index in [1.54, 1.807) is 35.2 Å². The fourth-order valence-electron chi connectivity index (χ4n) is 3.91. The standard InChI is InChI=1S/C26H23N3O4/c1-17-6-11-24(33-17)23-16-21(20-4-2-3-5-22(20)28-23)25(30)27-19-9-7-18(8-10-19)26(31)29-12-14-32-15-13-29/h2-11,16H,12-15H2,1H3,(H,27,30). The summed E-state index contributed by atoms with van der Waals surface area (Å²) in [4.78, 5) is 32.3. The number of hydrogen-bond donors (Lipinski definition) is 1. The number of morpholine rings is 1. The molecule has 5 rings (SSSR count). The van der Waals surface area contributed by atoms with Gasteiger partial charge in [0.2, 0.25) is 0 Å².